The number of fused-ring (bicyclic) bond motifs is 1. The lowest BCUT2D eigenvalue weighted by molar-refractivity contribution is -0.120. The van der Waals surface area contributed by atoms with Crippen molar-refractivity contribution in [2.24, 2.45) is 5.92 Å². The minimum absolute atomic E-state index is 0.00990. The van der Waals surface area contributed by atoms with Crippen LogP contribution in [0.25, 0.3) is 11.1 Å². The second-order valence-electron chi connectivity index (χ2n) is 8.45. The van der Waals surface area contributed by atoms with Gasteiger partial charge in [0, 0.05) is 43.5 Å². The Morgan fingerprint density at radius 1 is 1.10 bits per heavy atom. The predicted octanol–water partition coefficient (Wildman–Crippen LogP) is 3.49. The molecule has 2 aromatic heterocycles. The highest BCUT2D eigenvalue weighted by Gasteiger charge is 2.39. The summed E-state index contributed by atoms with van der Waals surface area (Å²) in [6.07, 6.45) is 9.33. The van der Waals surface area contributed by atoms with Gasteiger partial charge in [-0.05, 0) is 49.1 Å². The molecule has 7 heteroatoms. The van der Waals surface area contributed by atoms with Gasteiger partial charge in [0.05, 0.1) is 30.2 Å². The normalized spacial score (nSPS) is 18.1. The molecule has 1 aliphatic carbocycles. The van der Waals surface area contributed by atoms with Crippen molar-refractivity contribution in [2.75, 3.05) is 16.3 Å². The molecule has 1 aromatic carbocycles. The number of amides is 2. The third kappa shape index (κ3) is 3.71. The fourth-order valence-corrected chi connectivity index (χ4v) is 4.32. The van der Waals surface area contributed by atoms with Crippen LogP contribution in [0.4, 0.5) is 11.4 Å². The molecule has 0 saturated heterocycles. The molecule has 7 nitrogen and oxygen atoms in total. The average Bonchev–Trinajstić information content (AvgIpc) is 3.52. The van der Waals surface area contributed by atoms with Crippen LogP contribution in [-0.2, 0) is 16.1 Å². The van der Waals surface area contributed by atoms with E-state index in [9.17, 15) is 9.59 Å². The summed E-state index contributed by atoms with van der Waals surface area (Å²) in [7, 11) is 0. The van der Waals surface area contributed by atoms with Gasteiger partial charge in [-0.25, -0.2) is 0 Å². The molecule has 1 atom stereocenters. The maximum Gasteiger partial charge on any atom is 0.230 e. The number of rotatable bonds is 4. The number of aromatic nitrogens is 3. The molecule has 1 fully saturated rings. The number of benzene rings is 1. The van der Waals surface area contributed by atoms with Gasteiger partial charge in [-0.15, -0.1) is 0 Å². The van der Waals surface area contributed by atoms with Crippen LogP contribution in [0.3, 0.4) is 0 Å². The van der Waals surface area contributed by atoms with Gasteiger partial charge in [0.15, 0.2) is 0 Å². The van der Waals surface area contributed by atoms with E-state index in [0.717, 1.165) is 40.9 Å². The van der Waals surface area contributed by atoms with E-state index in [0.29, 0.717) is 13.1 Å². The topological polar surface area (TPSA) is 71.3 Å². The molecule has 0 N–H and O–H groups in total. The molecule has 0 unspecified atom stereocenters. The maximum absolute atomic E-state index is 13.0. The van der Waals surface area contributed by atoms with Gasteiger partial charge < -0.3 is 9.80 Å². The zero-order valence-corrected chi connectivity index (χ0v) is 17.7. The largest absolute Gasteiger partial charge is 0.308 e. The second-order valence-corrected chi connectivity index (χ2v) is 8.45. The van der Waals surface area contributed by atoms with Crippen molar-refractivity contribution in [1.82, 2.24) is 14.8 Å². The lowest BCUT2D eigenvalue weighted by Gasteiger charge is -2.41. The first-order chi connectivity index (χ1) is 15.0. The molecule has 3 aromatic rings. The van der Waals surface area contributed by atoms with Gasteiger partial charge in [0.2, 0.25) is 11.8 Å². The first-order valence-electron chi connectivity index (χ1n) is 10.7. The molecule has 31 heavy (non-hydrogen) atoms. The minimum atomic E-state index is -0.0548. The highest BCUT2D eigenvalue weighted by Crippen LogP contribution is 2.42. The minimum Gasteiger partial charge on any atom is -0.308 e. The SMILES string of the molecule is CC(=O)N1c2ccc(-c3cnn(Cc4cccnc4)c3)cc2N(C(=O)C2CC2)C[C@@H]1C. The molecule has 5 rings (SSSR count). The van der Waals surface area contributed by atoms with Crippen LogP contribution in [0, 0.1) is 5.92 Å². The molecule has 1 saturated carbocycles. The molecule has 158 valence electrons. The summed E-state index contributed by atoms with van der Waals surface area (Å²) in [5.41, 5.74) is 4.63. The second kappa shape index (κ2) is 7.65. The molecular formula is C24H25N5O2. The van der Waals surface area contributed by atoms with Gasteiger partial charge >= 0.3 is 0 Å². The molecule has 2 amide bonds. The van der Waals surface area contributed by atoms with Crippen LogP contribution in [0.15, 0.2) is 55.1 Å². The Morgan fingerprint density at radius 3 is 2.65 bits per heavy atom. The van der Waals surface area contributed by atoms with Crippen LogP contribution in [0.5, 0.6) is 0 Å². The Bertz CT molecular complexity index is 1140. The number of hydrogen-bond donors (Lipinski definition) is 0. The number of nitrogens with zero attached hydrogens (tertiary/aromatic N) is 5. The highest BCUT2D eigenvalue weighted by atomic mass is 16.2. The molecule has 0 spiro atoms. The van der Waals surface area contributed by atoms with Crippen molar-refractivity contribution in [3.8, 4) is 11.1 Å². The van der Waals surface area contributed by atoms with Crippen molar-refractivity contribution in [3.63, 3.8) is 0 Å². The van der Waals surface area contributed by atoms with E-state index in [1.807, 2.05) is 65.4 Å². The van der Waals surface area contributed by atoms with Gasteiger partial charge in [-0.2, -0.15) is 5.10 Å². The summed E-state index contributed by atoms with van der Waals surface area (Å²) in [6.45, 7) is 4.73. The number of hydrogen-bond acceptors (Lipinski definition) is 4. The summed E-state index contributed by atoms with van der Waals surface area (Å²) >= 11 is 0. The summed E-state index contributed by atoms with van der Waals surface area (Å²) in [5, 5.41) is 4.49. The molecule has 2 aliphatic rings. The van der Waals surface area contributed by atoms with Gasteiger partial charge in [0.25, 0.3) is 0 Å². The van der Waals surface area contributed by atoms with Crippen molar-refractivity contribution < 1.29 is 9.59 Å². The van der Waals surface area contributed by atoms with E-state index >= 15 is 0 Å². The van der Waals surface area contributed by atoms with E-state index in [4.69, 9.17) is 0 Å². The fraction of sp³-hybridized carbons (Fsp3) is 0.333. The number of pyridine rings is 1. The predicted molar refractivity (Wildman–Crippen MR) is 119 cm³/mol. The van der Waals surface area contributed by atoms with Gasteiger partial charge in [-0.3, -0.25) is 19.3 Å². The van der Waals surface area contributed by atoms with Crippen molar-refractivity contribution in [1.29, 1.82) is 0 Å². The summed E-state index contributed by atoms with van der Waals surface area (Å²) in [6, 6.07) is 9.84. The summed E-state index contributed by atoms with van der Waals surface area (Å²) in [4.78, 5) is 33.2. The van der Waals surface area contributed by atoms with Crippen LogP contribution in [-0.4, -0.2) is 39.2 Å². The first-order valence-corrected chi connectivity index (χ1v) is 10.7. The lowest BCUT2D eigenvalue weighted by atomic mass is 10.0. The van der Waals surface area contributed by atoms with Crippen molar-refractivity contribution >= 4 is 23.2 Å². The number of carbonyl (C=O) groups excluding carboxylic acids is 2. The summed E-state index contributed by atoms with van der Waals surface area (Å²) in [5.74, 6) is 0.278. The number of carbonyl (C=O) groups is 2. The van der Waals surface area contributed by atoms with Crippen molar-refractivity contribution in [3.05, 3.63) is 60.7 Å². The summed E-state index contributed by atoms with van der Waals surface area (Å²) < 4.78 is 1.88. The Balaban J connectivity index is 1.50. The number of anilines is 2. The molecule has 1 aliphatic heterocycles. The Hall–Kier alpha value is -3.48. The standard InChI is InChI=1S/C24H25N5O2/c1-16-13-28(24(31)19-5-6-19)23-10-20(7-8-22(23)29(16)17(2)30)21-12-26-27(15-21)14-18-4-3-9-25-11-18/h3-4,7-12,15-16,19H,5-6,13-14H2,1-2H3/t16-/m0/s1. The zero-order valence-electron chi connectivity index (χ0n) is 17.7. The quantitative estimate of drug-likeness (QED) is 0.654. The molecule has 3 heterocycles. The van der Waals surface area contributed by atoms with E-state index < -0.39 is 0 Å². The Labute approximate surface area is 181 Å². The fourth-order valence-electron chi connectivity index (χ4n) is 4.32. The lowest BCUT2D eigenvalue weighted by Crippen LogP contribution is -2.51. The van der Waals surface area contributed by atoms with Crippen LogP contribution >= 0.6 is 0 Å². The van der Waals surface area contributed by atoms with Crippen molar-refractivity contribution in [2.45, 2.75) is 39.3 Å². The van der Waals surface area contributed by atoms with Crippen LogP contribution in [0.1, 0.15) is 32.3 Å². The van der Waals surface area contributed by atoms with E-state index in [1.165, 1.54) is 0 Å². The van der Waals surface area contributed by atoms with Crippen LogP contribution < -0.4 is 9.80 Å². The Morgan fingerprint density at radius 2 is 1.94 bits per heavy atom. The van der Waals surface area contributed by atoms with Crippen LogP contribution in [0.2, 0.25) is 0 Å². The van der Waals surface area contributed by atoms with E-state index in [2.05, 4.69) is 10.1 Å². The monoisotopic (exact) mass is 415 g/mol. The highest BCUT2D eigenvalue weighted by molar-refractivity contribution is 6.06. The molecule has 0 bridgehead atoms. The maximum atomic E-state index is 13.0. The first kappa shape index (κ1) is 19.5. The van der Waals surface area contributed by atoms with E-state index in [-0.39, 0.29) is 23.8 Å². The Kier molecular flexibility index (Phi) is 4.81. The third-order valence-corrected chi connectivity index (χ3v) is 5.98. The zero-order chi connectivity index (χ0) is 21.5. The average molecular weight is 415 g/mol. The third-order valence-electron chi connectivity index (χ3n) is 5.98. The smallest absolute Gasteiger partial charge is 0.230 e. The molecule has 0 radical (unpaired) electrons. The van der Waals surface area contributed by atoms with Gasteiger partial charge in [0.1, 0.15) is 0 Å². The van der Waals surface area contributed by atoms with Gasteiger partial charge in [-0.1, -0.05) is 12.1 Å². The molecular weight excluding hydrogens is 390 g/mol. The van der Waals surface area contributed by atoms with E-state index in [1.54, 1.807) is 18.0 Å².